The zero-order chi connectivity index (χ0) is 5.28. The lowest BCUT2D eigenvalue weighted by Crippen LogP contribution is -1.95. The van der Waals surface area contributed by atoms with Gasteiger partial charge >= 0.3 is 0 Å². The van der Waals surface area contributed by atoms with E-state index >= 15 is 0 Å². The average molecular weight is 98.1 g/mol. The highest BCUT2D eigenvalue weighted by molar-refractivity contribution is 5.01. The van der Waals surface area contributed by atoms with Crippen LogP contribution in [0.1, 0.15) is 0 Å². The van der Waals surface area contributed by atoms with E-state index in [1.807, 2.05) is 6.07 Å². The van der Waals surface area contributed by atoms with Crippen LogP contribution >= 0.6 is 0 Å². The van der Waals surface area contributed by atoms with Crippen molar-refractivity contribution in [1.29, 1.82) is 5.26 Å². The van der Waals surface area contributed by atoms with Crippen molar-refractivity contribution in [2.75, 3.05) is 13.7 Å². The summed E-state index contributed by atoms with van der Waals surface area (Å²) in [5.41, 5.74) is 0. The molecule has 2 unspecified atom stereocenters. The molecule has 0 aromatic carbocycles. The molecule has 0 aromatic rings. The van der Waals surface area contributed by atoms with Gasteiger partial charge in [-0.25, -0.2) is 0 Å². The Hall–Kier alpha value is -0.590. The monoisotopic (exact) mass is 98.0 g/mol. The number of hydrogen-bond donors (Lipinski definition) is 0. The van der Waals surface area contributed by atoms with Gasteiger partial charge in [-0.3, -0.25) is 0 Å². The van der Waals surface area contributed by atoms with Gasteiger partial charge in [0.15, 0.2) is 0 Å². The summed E-state index contributed by atoms with van der Waals surface area (Å²) in [5.74, 6) is 0. The first kappa shape index (κ1) is 4.57. The van der Waals surface area contributed by atoms with Crippen molar-refractivity contribution in [1.82, 2.24) is 5.06 Å². The molecule has 0 aromatic heterocycles. The molecule has 0 aliphatic carbocycles. The minimum Gasteiger partial charge on any atom is -0.301 e. The van der Waals surface area contributed by atoms with Crippen LogP contribution in [0.15, 0.2) is 0 Å². The van der Waals surface area contributed by atoms with Crippen LogP contribution < -0.4 is 0 Å². The molecule has 0 bridgehead atoms. The van der Waals surface area contributed by atoms with E-state index in [1.165, 1.54) is 0 Å². The molecule has 0 radical (unpaired) electrons. The van der Waals surface area contributed by atoms with Crippen LogP contribution in [-0.4, -0.2) is 24.8 Å². The van der Waals surface area contributed by atoms with Crippen LogP contribution in [0.5, 0.6) is 0 Å². The lowest BCUT2D eigenvalue weighted by molar-refractivity contribution is -0.0313. The lowest BCUT2D eigenvalue weighted by atomic mass is 10.6. The number of hydroxylamine groups is 2. The van der Waals surface area contributed by atoms with Gasteiger partial charge in [0.05, 0.1) is 19.7 Å². The molecule has 1 saturated heterocycles. The molecule has 3 heteroatoms. The van der Waals surface area contributed by atoms with Crippen LogP contribution in [0, 0.1) is 11.3 Å². The van der Waals surface area contributed by atoms with Crippen LogP contribution in [-0.2, 0) is 4.84 Å². The number of nitriles is 1. The summed E-state index contributed by atoms with van der Waals surface area (Å²) in [5, 5.41) is 9.75. The predicted molar refractivity (Wildman–Crippen MR) is 23.1 cm³/mol. The summed E-state index contributed by atoms with van der Waals surface area (Å²) >= 11 is 0. The third-order valence-electron chi connectivity index (χ3n) is 0.950. The Kier molecular flexibility index (Phi) is 0.970. The van der Waals surface area contributed by atoms with Crippen molar-refractivity contribution in [2.24, 2.45) is 0 Å². The first-order valence-corrected chi connectivity index (χ1v) is 2.09. The molecule has 1 rings (SSSR count). The highest BCUT2D eigenvalue weighted by Crippen LogP contribution is 2.13. The fraction of sp³-hybridized carbons (Fsp3) is 0.750. The Morgan fingerprint density at radius 3 is 2.86 bits per heavy atom. The number of nitrogens with zero attached hydrogens (tertiary/aromatic N) is 2. The van der Waals surface area contributed by atoms with Gasteiger partial charge in [0, 0.05) is 0 Å². The highest BCUT2D eigenvalue weighted by atomic mass is 16.7. The maximum Gasteiger partial charge on any atom is 0.137 e. The molecule has 2 atom stereocenters. The normalized spacial score (nSPS) is 37.1. The minimum absolute atomic E-state index is 0.0324. The van der Waals surface area contributed by atoms with E-state index in [9.17, 15) is 0 Å². The maximum atomic E-state index is 8.14. The summed E-state index contributed by atoms with van der Waals surface area (Å²) in [6.45, 7) is 0.771. The zero-order valence-corrected chi connectivity index (χ0v) is 4.09. The summed E-state index contributed by atoms with van der Waals surface area (Å²) in [4.78, 5) is 4.68. The molecule has 7 heavy (non-hydrogen) atoms. The van der Waals surface area contributed by atoms with Crippen LogP contribution in [0.2, 0.25) is 0 Å². The quantitative estimate of drug-likeness (QED) is 0.424. The van der Waals surface area contributed by atoms with Gasteiger partial charge in [-0.2, -0.15) is 10.3 Å². The lowest BCUT2D eigenvalue weighted by Gasteiger charge is -1.88. The zero-order valence-electron chi connectivity index (χ0n) is 4.09. The topological polar surface area (TPSA) is 36.0 Å². The Labute approximate surface area is 42.0 Å². The predicted octanol–water partition coefficient (Wildman–Crippen LogP) is -0.244. The first-order chi connectivity index (χ1) is 3.38. The van der Waals surface area contributed by atoms with E-state index in [1.54, 1.807) is 12.2 Å². The van der Waals surface area contributed by atoms with Gasteiger partial charge in [-0.1, -0.05) is 0 Å². The minimum atomic E-state index is 0.0324. The van der Waals surface area contributed by atoms with Crippen molar-refractivity contribution in [2.45, 2.75) is 6.04 Å². The third kappa shape index (κ3) is 0.710. The largest absolute Gasteiger partial charge is 0.301 e. The second kappa shape index (κ2) is 1.49. The molecule has 1 heterocycles. The molecule has 0 amide bonds. The maximum absolute atomic E-state index is 8.14. The Morgan fingerprint density at radius 2 is 2.71 bits per heavy atom. The molecular formula is C4H6N2O. The summed E-state index contributed by atoms with van der Waals surface area (Å²) in [6.07, 6.45) is 0. The molecule has 0 spiro atoms. The van der Waals surface area contributed by atoms with Gasteiger partial charge in [0.25, 0.3) is 0 Å². The van der Waals surface area contributed by atoms with E-state index < -0.39 is 0 Å². The van der Waals surface area contributed by atoms with Crippen molar-refractivity contribution in [3.8, 4) is 6.07 Å². The fourth-order valence-corrected chi connectivity index (χ4v) is 0.430. The number of hydrogen-bond acceptors (Lipinski definition) is 3. The summed E-state index contributed by atoms with van der Waals surface area (Å²) in [6, 6.07) is 2.07. The molecule has 1 fully saturated rings. The van der Waals surface area contributed by atoms with E-state index in [-0.39, 0.29) is 6.04 Å². The van der Waals surface area contributed by atoms with Crippen LogP contribution in [0.3, 0.4) is 0 Å². The highest BCUT2D eigenvalue weighted by Gasteiger charge is 2.34. The smallest absolute Gasteiger partial charge is 0.137 e. The Morgan fingerprint density at radius 1 is 2.00 bits per heavy atom. The molecule has 3 nitrogen and oxygen atoms in total. The average Bonchev–Trinajstić information content (AvgIpc) is 2.43. The number of rotatable bonds is 1. The van der Waals surface area contributed by atoms with Crippen molar-refractivity contribution < 1.29 is 4.84 Å². The van der Waals surface area contributed by atoms with E-state index in [4.69, 9.17) is 5.26 Å². The van der Waals surface area contributed by atoms with Crippen molar-refractivity contribution in [3.63, 3.8) is 0 Å². The van der Waals surface area contributed by atoms with Crippen molar-refractivity contribution >= 4 is 0 Å². The second-order valence-corrected chi connectivity index (χ2v) is 1.43. The van der Waals surface area contributed by atoms with Gasteiger partial charge < -0.3 is 4.84 Å². The van der Waals surface area contributed by atoms with E-state index in [0.29, 0.717) is 0 Å². The second-order valence-electron chi connectivity index (χ2n) is 1.43. The SMILES string of the molecule is CON1CC1C#N. The van der Waals surface area contributed by atoms with E-state index in [0.717, 1.165) is 6.54 Å². The first-order valence-electron chi connectivity index (χ1n) is 2.09. The van der Waals surface area contributed by atoms with Crippen LogP contribution in [0.4, 0.5) is 0 Å². The molecule has 1 aliphatic rings. The van der Waals surface area contributed by atoms with Gasteiger partial charge in [0.2, 0.25) is 0 Å². The Bertz CT molecular complexity index is 107. The molecule has 0 N–H and O–H groups in total. The molecular weight excluding hydrogens is 92.1 g/mol. The summed E-state index contributed by atoms with van der Waals surface area (Å²) in [7, 11) is 1.57. The van der Waals surface area contributed by atoms with E-state index in [2.05, 4.69) is 4.84 Å². The summed E-state index contributed by atoms with van der Waals surface area (Å²) < 4.78 is 0. The van der Waals surface area contributed by atoms with Crippen molar-refractivity contribution in [3.05, 3.63) is 0 Å². The fourth-order valence-electron chi connectivity index (χ4n) is 0.430. The Balaban J connectivity index is 2.21. The third-order valence-corrected chi connectivity index (χ3v) is 0.950. The van der Waals surface area contributed by atoms with Crippen LogP contribution in [0.25, 0.3) is 0 Å². The molecule has 38 valence electrons. The standard InChI is InChI=1S/C4H6N2O/c1-7-6-3-4(6)2-5/h4H,3H2,1H3. The molecule has 1 aliphatic heterocycles. The molecule has 0 saturated carbocycles. The van der Waals surface area contributed by atoms with Gasteiger partial charge in [-0.05, 0) is 0 Å². The van der Waals surface area contributed by atoms with Gasteiger partial charge in [-0.15, -0.1) is 0 Å². The van der Waals surface area contributed by atoms with Gasteiger partial charge in [0.1, 0.15) is 6.04 Å².